The van der Waals surface area contributed by atoms with Crippen LogP contribution in [-0.2, 0) is 47.8 Å². The first-order valence-electron chi connectivity index (χ1n) is 18.0. The fourth-order valence-corrected chi connectivity index (χ4v) is 8.05. The van der Waals surface area contributed by atoms with E-state index < -0.39 is 55.9 Å². The number of amides is 1. The van der Waals surface area contributed by atoms with Crippen molar-refractivity contribution >= 4 is 42.1 Å². The van der Waals surface area contributed by atoms with E-state index in [4.69, 9.17) is 25.7 Å². The van der Waals surface area contributed by atoms with Crippen LogP contribution in [0.25, 0.3) is 22.2 Å². The van der Waals surface area contributed by atoms with Crippen molar-refractivity contribution < 1.29 is 33.2 Å². The van der Waals surface area contributed by atoms with Gasteiger partial charge in [-0.3, -0.25) is 18.9 Å². The van der Waals surface area contributed by atoms with Gasteiger partial charge in [0.25, 0.3) is 0 Å². The van der Waals surface area contributed by atoms with E-state index in [0.717, 1.165) is 11.1 Å². The summed E-state index contributed by atoms with van der Waals surface area (Å²) in [5.74, 6) is -1.53. The highest BCUT2D eigenvalue weighted by atomic mass is 31.2. The van der Waals surface area contributed by atoms with E-state index in [2.05, 4.69) is 20.1 Å². The Morgan fingerprint density at radius 3 is 1.89 bits per heavy atom. The number of fused-ring (bicyclic) bond motifs is 1. The van der Waals surface area contributed by atoms with Gasteiger partial charge in [-0.25, -0.2) is 20.1 Å². The standard InChI is InChI=1S/C40H48N7O7P/c1-26(2)53-39(49)33(20-28-12-7-5-8-13-28)45-55(51,46-34(40(50)54-27(3)4)21-29-14-9-6-10-15-29)25-52-19-18-47-23-32(35-36(41)43-24-44-38(35)47)30-16-11-17-31(22-30)37(42)48/h5-17,22-24,26-27,33-34H,18-21,25H2,1-4H3,(H2,42,48)(H2,41,43,44)(H2,45,46,51)/t33-,34-/m0/s1. The first-order chi connectivity index (χ1) is 26.3. The van der Waals surface area contributed by atoms with Crippen LogP contribution < -0.4 is 21.6 Å². The first-order valence-corrected chi connectivity index (χ1v) is 19.9. The Kier molecular flexibility index (Phi) is 13.9. The number of carbonyl (C=O) groups is 3. The lowest BCUT2D eigenvalue weighted by atomic mass is 10.0. The molecular formula is C40H48N7O7P. The molecule has 3 aromatic carbocycles. The SMILES string of the molecule is CC(C)OC(=O)[C@H](Cc1ccccc1)NP(=O)(COCCn1cc(-c2cccc(C(N)=O)c2)c2c(N)ncnc21)N[C@@H](Cc1ccccc1)C(=O)OC(C)C. The Morgan fingerprint density at radius 1 is 0.800 bits per heavy atom. The van der Waals surface area contributed by atoms with Gasteiger partial charge in [0.15, 0.2) is 0 Å². The fraction of sp³-hybridized carbons (Fsp3) is 0.325. The predicted molar refractivity (Wildman–Crippen MR) is 211 cm³/mol. The Hall–Kier alpha value is -5.40. The number of aromatic nitrogens is 3. The number of carbonyl (C=O) groups excluding carboxylic acids is 3. The highest BCUT2D eigenvalue weighted by Gasteiger charge is 2.36. The highest BCUT2D eigenvalue weighted by molar-refractivity contribution is 7.59. The quantitative estimate of drug-likeness (QED) is 0.0483. The lowest BCUT2D eigenvalue weighted by molar-refractivity contribution is -0.150. The molecule has 0 bridgehead atoms. The van der Waals surface area contributed by atoms with Crippen LogP contribution in [0.1, 0.15) is 49.2 Å². The van der Waals surface area contributed by atoms with Crippen molar-refractivity contribution in [1.82, 2.24) is 24.7 Å². The van der Waals surface area contributed by atoms with Crippen LogP contribution in [0.5, 0.6) is 0 Å². The second-order valence-electron chi connectivity index (χ2n) is 13.6. The normalized spacial score (nSPS) is 12.8. The molecule has 0 aliphatic heterocycles. The van der Waals surface area contributed by atoms with Crippen molar-refractivity contribution in [3.05, 3.63) is 114 Å². The van der Waals surface area contributed by atoms with E-state index in [9.17, 15) is 14.4 Å². The molecule has 2 aromatic heterocycles. The summed E-state index contributed by atoms with van der Waals surface area (Å²) in [5.41, 5.74) is 15.7. The first kappa shape index (κ1) is 40.8. The third kappa shape index (κ3) is 11.3. The zero-order valence-corrected chi connectivity index (χ0v) is 32.3. The van der Waals surface area contributed by atoms with Gasteiger partial charge in [-0.1, -0.05) is 72.8 Å². The van der Waals surface area contributed by atoms with Crippen LogP contribution in [0, 0.1) is 0 Å². The van der Waals surface area contributed by atoms with E-state index in [1.165, 1.54) is 6.33 Å². The highest BCUT2D eigenvalue weighted by Crippen LogP contribution is 2.39. The smallest absolute Gasteiger partial charge is 0.324 e. The molecule has 0 saturated heterocycles. The summed E-state index contributed by atoms with van der Waals surface area (Å²) in [4.78, 5) is 47.6. The summed E-state index contributed by atoms with van der Waals surface area (Å²) in [7, 11) is -3.96. The average molecular weight is 770 g/mol. The lowest BCUT2D eigenvalue weighted by Crippen LogP contribution is -2.47. The second kappa shape index (κ2) is 18.8. The summed E-state index contributed by atoms with van der Waals surface area (Å²) in [6.07, 6.45) is 2.23. The number of hydrogen-bond acceptors (Lipinski definition) is 10. The average Bonchev–Trinajstić information content (AvgIpc) is 3.53. The maximum Gasteiger partial charge on any atom is 0.324 e. The van der Waals surface area contributed by atoms with E-state index in [0.29, 0.717) is 27.7 Å². The van der Waals surface area contributed by atoms with E-state index in [1.807, 2.05) is 77.5 Å². The molecule has 2 atom stereocenters. The van der Waals surface area contributed by atoms with Gasteiger partial charge < -0.3 is 30.2 Å². The topological polar surface area (TPSA) is 203 Å². The number of nitrogen functional groups attached to an aromatic ring is 1. The molecule has 0 spiro atoms. The zero-order valence-electron chi connectivity index (χ0n) is 31.4. The van der Waals surface area contributed by atoms with Crippen molar-refractivity contribution in [2.24, 2.45) is 5.73 Å². The van der Waals surface area contributed by atoms with Crippen molar-refractivity contribution in [2.45, 2.75) is 71.4 Å². The number of rotatable bonds is 19. The maximum absolute atomic E-state index is 15.1. The summed E-state index contributed by atoms with van der Waals surface area (Å²) in [6.45, 7) is 7.23. The number of esters is 2. The number of hydrogen-bond donors (Lipinski definition) is 4. The van der Waals surface area contributed by atoms with Gasteiger partial charge in [-0.15, -0.1) is 0 Å². The van der Waals surface area contributed by atoms with Crippen molar-refractivity contribution in [3.63, 3.8) is 0 Å². The van der Waals surface area contributed by atoms with Crippen LogP contribution >= 0.6 is 7.44 Å². The minimum Gasteiger partial charge on any atom is -0.462 e. The predicted octanol–water partition coefficient (Wildman–Crippen LogP) is 5.25. The van der Waals surface area contributed by atoms with Gasteiger partial charge in [0.2, 0.25) is 13.4 Å². The number of nitrogens with one attached hydrogen (secondary N) is 2. The van der Waals surface area contributed by atoms with Crippen LogP contribution in [0.4, 0.5) is 5.82 Å². The Bertz CT molecular complexity index is 2050. The molecule has 55 heavy (non-hydrogen) atoms. The number of anilines is 1. The number of nitrogens with two attached hydrogens (primary N) is 2. The molecule has 0 fully saturated rings. The van der Waals surface area contributed by atoms with Crippen LogP contribution in [0.2, 0.25) is 0 Å². The molecule has 6 N–H and O–H groups in total. The van der Waals surface area contributed by atoms with Gasteiger partial charge in [0, 0.05) is 23.9 Å². The molecule has 1 amide bonds. The largest absolute Gasteiger partial charge is 0.462 e. The van der Waals surface area contributed by atoms with Gasteiger partial charge in [0.1, 0.15) is 36.2 Å². The number of primary amides is 1. The summed E-state index contributed by atoms with van der Waals surface area (Å²) in [5, 5.41) is 6.66. The molecule has 0 aliphatic carbocycles. The molecule has 290 valence electrons. The molecule has 0 saturated carbocycles. The number of ether oxygens (including phenoxy) is 3. The second-order valence-corrected chi connectivity index (χ2v) is 15.9. The van der Waals surface area contributed by atoms with E-state index >= 15 is 4.57 Å². The molecule has 14 nitrogen and oxygen atoms in total. The summed E-state index contributed by atoms with van der Waals surface area (Å²) < 4.78 is 34.2. The fourth-order valence-electron chi connectivity index (χ4n) is 6.04. The van der Waals surface area contributed by atoms with Gasteiger partial charge in [-0.2, -0.15) is 0 Å². The Labute approximate surface area is 320 Å². The molecule has 0 unspecified atom stereocenters. The maximum atomic E-state index is 15.1. The molecule has 15 heteroatoms. The lowest BCUT2D eigenvalue weighted by Gasteiger charge is -2.29. The Balaban J connectivity index is 1.44. The molecule has 5 aromatic rings. The van der Waals surface area contributed by atoms with Gasteiger partial charge in [0.05, 0.1) is 24.2 Å². The molecule has 5 rings (SSSR count). The molecule has 0 aliphatic rings. The summed E-state index contributed by atoms with van der Waals surface area (Å²) in [6, 6.07) is 23.3. The van der Waals surface area contributed by atoms with E-state index in [1.54, 1.807) is 45.9 Å². The Morgan fingerprint density at radius 2 is 1.36 bits per heavy atom. The molecular weight excluding hydrogens is 721 g/mol. The van der Waals surface area contributed by atoms with Crippen LogP contribution in [0.15, 0.2) is 97.5 Å². The van der Waals surface area contributed by atoms with E-state index in [-0.39, 0.29) is 31.8 Å². The van der Waals surface area contributed by atoms with Gasteiger partial charge >= 0.3 is 11.9 Å². The van der Waals surface area contributed by atoms with Crippen LogP contribution in [-0.4, -0.2) is 69.6 Å². The monoisotopic (exact) mass is 769 g/mol. The van der Waals surface area contributed by atoms with Crippen molar-refractivity contribution in [1.29, 1.82) is 0 Å². The number of nitrogens with zero attached hydrogens (tertiary/aromatic N) is 3. The zero-order chi connectivity index (χ0) is 39.5. The molecule has 2 heterocycles. The minimum atomic E-state index is -3.96. The van der Waals surface area contributed by atoms with Crippen molar-refractivity contribution in [2.75, 3.05) is 18.7 Å². The number of benzene rings is 3. The third-order valence-electron chi connectivity index (χ3n) is 8.46. The summed E-state index contributed by atoms with van der Waals surface area (Å²) >= 11 is 0. The third-order valence-corrected chi connectivity index (χ3v) is 10.5. The van der Waals surface area contributed by atoms with Crippen LogP contribution in [0.3, 0.4) is 0 Å². The van der Waals surface area contributed by atoms with Gasteiger partial charge in [-0.05, 0) is 69.4 Å². The van der Waals surface area contributed by atoms with Crippen molar-refractivity contribution in [3.8, 4) is 11.1 Å². The minimum absolute atomic E-state index is 0.0430. The molecule has 0 radical (unpaired) electrons.